The number of thiophene rings is 1. The first-order valence-electron chi connectivity index (χ1n) is 10.7. The van der Waals surface area contributed by atoms with E-state index in [0.29, 0.717) is 31.9 Å². The summed E-state index contributed by atoms with van der Waals surface area (Å²) in [5, 5.41) is 15.4. The van der Waals surface area contributed by atoms with Crippen LogP contribution in [0, 0.1) is 21.7 Å². The molecule has 2 heterocycles. The Morgan fingerprint density at radius 2 is 1.76 bits per heavy atom. The minimum absolute atomic E-state index is 0.0549. The molecule has 0 radical (unpaired) electrons. The molecule has 37 heavy (non-hydrogen) atoms. The summed E-state index contributed by atoms with van der Waals surface area (Å²) in [5.41, 5.74) is 1.18. The Morgan fingerprint density at radius 1 is 1.00 bits per heavy atom. The second-order valence-electron chi connectivity index (χ2n) is 8.02. The molecule has 5 rings (SSSR count). The van der Waals surface area contributed by atoms with Crippen molar-refractivity contribution in [3.63, 3.8) is 0 Å². The van der Waals surface area contributed by atoms with Gasteiger partial charge in [0.2, 0.25) is 0 Å². The van der Waals surface area contributed by atoms with Gasteiger partial charge in [-0.2, -0.15) is 11.3 Å². The molecular formula is C25H17F2N3O4S3. The Kier molecular flexibility index (Phi) is 6.71. The molecule has 7 nitrogen and oxygen atoms in total. The van der Waals surface area contributed by atoms with Crippen molar-refractivity contribution in [3.05, 3.63) is 111 Å². The molecular weight excluding hydrogens is 540 g/mol. The number of nitro groups is 1. The van der Waals surface area contributed by atoms with Gasteiger partial charge in [-0.3, -0.25) is 14.8 Å². The highest BCUT2D eigenvalue weighted by molar-refractivity contribution is 7.99. The van der Waals surface area contributed by atoms with Gasteiger partial charge in [-0.05, 0) is 53.4 Å². The lowest BCUT2D eigenvalue weighted by molar-refractivity contribution is -0.387. The van der Waals surface area contributed by atoms with Crippen LogP contribution in [0.2, 0.25) is 0 Å². The SMILES string of the molecule is O=[N+]([O-])c1ccccc1Sc1cn(Cc2cc(F)cc(F)c2)c2cc(NS(=O)(=O)c3ccsc3)ccc12. The second-order valence-corrected chi connectivity index (χ2v) is 11.6. The van der Waals surface area contributed by atoms with Crippen LogP contribution in [-0.4, -0.2) is 17.9 Å². The number of sulfonamides is 1. The fourth-order valence-corrected chi connectivity index (χ4v) is 7.04. The van der Waals surface area contributed by atoms with Crippen molar-refractivity contribution in [1.29, 1.82) is 0 Å². The first-order chi connectivity index (χ1) is 17.7. The molecule has 0 aliphatic heterocycles. The fourth-order valence-electron chi connectivity index (χ4n) is 3.86. The number of fused-ring (bicyclic) bond motifs is 1. The smallest absolute Gasteiger partial charge is 0.283 e. The van der Waals surface area contributed by atoms with Crippen LogP contribution in [-0.2, 0) is 16.6 Å². The van der Waals surface area contributed by atoms with E-state index in [4.69, 9.17) is 0 Å². The largest absolute Gasteiger partial charge is 0.342 e. The summed E-state index contributed by atoms with van der Waals surface area (Å²) in [6.45, 7) is 0.0867. The highest BCUT2D eigenvalue weighted by Crippen LogP contribution is 2.40. The number of nitrogens with zero attached hydrogens (tertiary/aromatic N) is 2. The molecule has 5 aromatic rings. The molecule has 0 atom stereocenters. The predicted molar refractivity (Wildman–Crippen MR) is 140 cm³/mol. The number of anilines is 1. The van der Waals surface area contributed by atoms with Crippen molar-refractivity contribution in [2.75, 3.05) is 4.72 Å². The van der Waals surface area contributed by atoms with E-state index < -0.39 is 26.6 Å². The zero-order chi connectivity index (χ0) is 26.2. The minimum Gasteiger partial charge on any atom is -0.342 e. The second kappa shape index (κ2) is 9.96. The fraction of sp³-hybridized carbons (Fsp3) is 0.0400. The van der Waals surface area contributed by atoms with Gasteiger partial charge in [0.15, 0.2) is 0 Å². The standard InChI is InChI=1S/C25H17F2N3O4S3/c26-17-9-16(10-18(27)11-17)13-29-14-25(36-24-4-2-1-3-22(24)30(31)32)21-6-5-19(12-23(21)29)28-37(33,34)20-7-8-35-15-20/h1-12,14-15,28H,13H2. The number of hydrogen-bond acceptors (Lipinski definition) is 6. The molecule has 0 saturated heterocycles. The number of nitrogens with one attached hydrogen (secondary N) is 1. The van der Waals surface area contributed by atoms with Crippen LogP contribution in [0.25, 0.3) is 10.9 Å². The first-order valence-corrected chi connectivity index (χ1v) is 14.0. The van der Waals surface area contributed by atoms with E-state index >= 15 is 0 Å². The summed E-state index contributed by atoms with van der Waals surface area (Å²) >= 11 is 2.44. The molecule has 0 fully saturated rings. The summed E-state index contributed by atoms with van der Waals surface area (Å²) in [7, 11) is -3.81. The molecule has 0 spiro atoms. The third-order valence-corrected chi connectivity index (χ3v) is 8.78. The van der Waals surface area contributed by atoms with Crippen molar-refractivity contribution >= 4 is 55.4 Å². The van der Waals surface area contributed by atoms with Gasteiger partial charge < -0.3 is 4.57 Å². The van der Waals surface area contributed by atoms with E-state index in [1.165, 1.54) is 52.7 Å². The van der Waals surface area contributed by atoms with Crippen molar-refractivity contribution in [1.82, 2.24) is 4.57 Å². The molecule has 1 N–H and O–H groups in total. The molecule has 0 bridgehead atoms. The topological polar surface area (TPSA) is 94.2 Å². The van der Waals surface area contributed by atoms with Crippen LogP contribution in [0.15, 0.2) is 98.4 Å². The number of para-hydroxylation sites is 1. The van der Waals surface area contributed by atoms with Gasteiger partial charge in [0.1, 0.15) is 11.6 Å². The minimum atomic E-state index is -3.81. The molecule has 2 aromatic heterocycles. The Labute approximate surface area is 218 Å². The quantitative estimate of drug-likeness (QED) is 0.166. The molecule has 0 amide bonds. The van der Waals surface area contributed by atoms with Gasteiger partial charge in [0, 0.05) is 40.5 Å². The normalized spacial score (nSPS) is 11.6. The van der Waals surface area contributed by atoms with E-state index in [-0.39, 0.29) is 17.1 Å². The molecule has 0 aliphatic carbocycles. The van der Waals surface area contributed by atoms with Crippen molar-refractivity contribution in [2.45, 2.75) is 21.2 Å². The highest BCUT2D eigenvalue weighted by atomic mass is 32.2. The molecule has 0 saturated carbocycles. The van der Waals surface area contributed by atoms with Gasteiger partial charge in [-0.15, -0.1) is 0 Å². The van der Waals surface area contributed by atoms with Crippen LogP contribution < -0.4 is 4.72 Å². The molecule has 0 aliphatic rings. The lowest BCUT2D eigenvalue weighted by Gasteiger charge is -2.09. The van der Waals surface area contributed by atoms with Crippen molar-refractivity contribution in [3.8, 4) is 0 Å². The zero-order valence-corrected chi connectivity index (χ0v) is 21.2. The zero-order valence-electron chi connectivity index (χ0n) is 18.8. The number of rotatable bonds is 8. The van der Waals surface area contributed by atoms with Gasteiger partial charge in [0.05, 0.1) is 25.9 Å². The molecule has 0 unspecified atom stereocenters. The Balaban J connectivity index is 1.59. The van der Waals surface area contributed by atoms with Crippen LogP contribution in [0.1, 0.15) is 5.56 Å². The Bertz CT molecular complexity index is 1720. The lowest BCUT2D eigenvalue weighted by atomic mass is 10.2. The molecule has 3 aromatic carbocycles. The van der Waals surface area contributed by atoms with Gasteiger partial charge in [-0.25, -0.2) is 17.2 Å². The van der Waals surface area contributed by atoms with E-state index in [2.05, 4.69) is 4.72 Å². The number of benzene rings is 3. The summed E-state index contributed by atoms with van der Waals surface area (Å²) in [5.74, 6) is -1.43. The Hall–Kier alpha value is -3.74. The van der Waals surface area contributed by atoms with Crippen molar-refractivity contribution in [2.24, 2.45) is 0 Å². The van der Waals surface area contributed by atoms with E-state index in [1.54, 1.807) is 52.5 Å². The van der Waals surface area contributed by atoms with Crippen molar-refractivity contribution < 1.29 is 22.1 Å². The van der Waals surface area contributed by atoms with Gasteiger partial charge >= 0.3 is 0 Å². The van der Waals surface area contributed by atoms with Crippen LogP contribution in [0.5, 0.6) is 0 Å². The Morgan fingerprint density at radius 3 is 2.46 bits per heavy atom. The number of nitro benzene ring substituents is 1. The highest BCUT2D eigenvalue weighted by Gasteiger charge is 2.19. The maximum atomic E-state index is 13.8. The van der Waals surface area contributed by atoms with E-state index in [1.807, 2.05) is 0 Å². The third-order valence-electron chi connectivity index (χ3n) is 5.46. The van der Waals surface area contributed by atoms with Crippen LogP contribution >= 0.6 is 23.1 Å². The van der Waals surface area contributed by atoms with E-state index in [0.717, 1.165) is 6.07 Å². The molecule has 188 valence electrons. The predicted octanol–water partition coefficient (Wildman–Crippen LogP) is 6.89. The average molecular weight is 558 g/mol. The maximum Gasteiger partial charge on any atom is 0.283 e. The summed E-state index contributed by atoms with van der Waals surface area (Å²) in [6, 6.07) is 16.0. The monoisotopic (exact) mass is 557 g/mol. The number of halogens is 2. The lowest BCUT2D eigenvalue weighted by Crippen LogP contribution is -2.12. The third kappa shape index (κ3) is 5.36. The number of aromatic nitrogens is 1. The first kappa shape index (κ1) is 24.9. The van der Waals surface area contributed by atoms with Gasteiger partial charge in [0.25, 0.3) is 15.7 Å². The maximum absolute atomic E-state index is 13.8. The number of hydrogen-bond donors (Lipinski definition) is 1. The van der Waals surface area contributed by atoms with Crippen LogP contribution in [0.3, 0.4) is 0 Å². The van der Waals surface area contributed by atoms with E-state index in [9.17, 15) is 27.3 Å². The molecule has 12 heteroatoms. The average Bonchev–Trinajstić information content (AvgIpc) is 3.48. The summed E-state index contributed by atoms with van der Waals surface area (Å²) < 4.78 is 57.4. The summed E-state index contributed by atoms with van der Waals surface area (Å²) in [6.07, 6.45) is 1.73. The van der Waals surface area contributed by atoms with Gasteiger partial charge in [-0.1, -0.05) is 23.9 Å². The van der Waals surface area contributed by atoms with Crippen LogP contribution in [0.4, 0.5) is 20.2 Å². The summed E-state index contributed by atoms with van der Waals surface area (Å²) in [4.78, 5) is 12.3.